The van der Waals surface area contributed by atoms with Gasteiger partial charge in [-0.15, -0.1) is 10.2 Å². The quantitative estimate of drug-likeness (QED) is 0.349. The summed E-state index contributed by atoms with van der Waals surface area (Å²) in [5.41, 5.74) is 10.7. The van der Waals surface area contributed by atoms with Crippen LogP contribution < -0.4 is 25.4 Å². The van der Waals surface area contributed by atoms with Crippen LogP contribution in [0.15, 0.2) is 69.5 Å². The number of rotatable bonds is 8. The van der Waals surface area contributed by atoms with Crippen LogP contribution in [0.25, 0.3) is 0 Å². The number of allylic oxidation sites excluding steroid dienone is 3. The minimum absolute atomic E-state index is 0.00631. The summed E-state index contributed by atoms with van der Waals surface area (Å²) in [4.78, 5) is 27.7. The van der Waals surface area contributed by atoms with Gasteiger partial charge in [0.1, 0.15) is 17.3 Å². The topological polar surface area (TPSA) is 143 Å². The highest BCUT2D eigenvalue weighted by Gasteiger charge is 2.41. The molecule has 0 bridgehead atoms. The fourth-order valence-corrected chi connectivity index (χ4v) is 6.64. The summed E-state index contributed by atoms with van der Waals surface area (Å²) < 4.78 is 11.1. The fourth-order valence-electron chi connectivity index (χ4n) is 4.96. The summed E-state index contributed by atoms with van der Waals surface area (Å²) in [6.07, 6.45) is 1.72. The van der Waals surface area contributed by atoms with Crippen molar-refractivity contribution in [3.63, 3.8) is 0 Å². The molecule has 12 heteroatoms. The number of ketones is 1. The van der Waals surface area contributed by atoms with Gasteiger partial charge in [0.15, 0.2) is 10.1 Å². The smallest absolute Gasteiger partial charge is 0.234 e. The molecule has 2 aliphatic rings. The lowest BCUT2D eigenvalue weighted by Gasteiger charge is -2.38. The van der Waals surface area contributed by atoms with E-state index < -0.39 is 5.92 Å². The first-order valence-corrected chi connectivity index (χ1v) is 14.7. The minimum Gasteiger partial charge on any atom is -0.497 e. The molecule has 1 aromatic heterocycles. The molecular formula is C29H28N6O4S2. The average molecular weight is 589 g/mol. The number of carbonyl (C=O) groups is 2. The zero-order chi connectivity index (χ0) is 29.1. The van der Waals surface area contributed by atoms with Gasteiger partial charge in [-0.3, -0.25) is 14.5 Å². The predicted octanol–water partition coefficient (Wildman–Crippen LogP) is 4.90. The Balaban J connectivity index is 1.38. The van der Waals surface area contributed by atoms with Crippen molar-refractivity contribution in [3.8, 4) is 17.6 Å². The molecule has 1 atom stereocenters. The number of hydrogen-bond acceptors (Lipinski definition) is 11. The molecule has 3 aromatic rings. The Labute approximate surface area is 245 Å². The van der Waals surface area contributed by atoms with E-state index in [9.17, 15) is 14.9 Å². The van der Waals surface area contributed by atoms with Gasteiger partial charge in [0.25, 0.3) is 0 Å². The molecule has 5 rings (SSSR count). The monoisotopic (exact) mass is 588 g/mol. The zero-order valence-electron chi connectivity index (χ0n) is 22.8. The van der Waals surface area contributed by atoms with E-state index in [-0.39, 0.29) is 23.3 Å². The lowest BCUT2D eigenvalue weighted by atomic mass is 9.75. The van der Waals surface area contributed by atoms with E-state index in [0.29, 0.717) is 57.1 Å². The standard InChI is InChI=1S/C29H28N6O4S2/c1-16-7-9-17(10-8-16)25-19(14-30)27(31)35(21-5-4-6-22(36)26(21)25)28-33-34-29(41-28)40-15-24(37)32-20-12-11-18(38-2)13-23(20)39-3/h7-13,25H,4-6,15,31H2,1-3H3,(H,32,37). The largest absolute Gasteiger partial charge is 0.497 e. The highest BCUT2D eigenvalue weighted by atomic mass is 32.2. The number of thioether (sulfide) groups is 1. The number of amides is 1. The molecule has 0 fully saturated rings. The van der Waals surface area contributed by atoms with Crippen LogP contribution in [0.3, 0.4) is 0 Å². The lowest BCUT2D eigenvalue weighted by molar-refractivity contribution is -0.116. The van der Waals surface area contributed by atoms with Crippen molar-refractivity contribution in [1.29, 1.82) is 5.26 Å². The number of hydrogen-bond donors (Lipinski definition) is 2. The molecule has 0 saturated carbocycles. The van der Waals surface area contributed by atoms with Crippen molar-refractivity contribution in [3.05, 3.63) is 76.3 Å². The zero-order valence-corrected chi connectivity index (χ0v) is 24.4. The molecule has 41 heavy (non-hydrogen) atoms. The molecule has 2 aromatic carbocycles. The Bertz CT molecular complexity index is 1610. The van der Waals surface area contributed by atoms with Gasteiger partial charge in [0.05, 0.1) is 43.2 Å². The van der Waals surface area contributed by atoms with Gasteiger partial charge in [-0.25, -0.2) is 0 Å². The number of methoxy groups -OCH3 is 2. The number of benzene rings is 2. The summed E-state index contributed by atoms with van der Waals surface area (Å²) in [5.74, 6) is 0.653. The Morgan fingerprint density at radius 3 is 2.68 bits per heavy atom. The second kappa shape index (κ2) is 12.0. The molecular weight excluding hydrogens is 560 g/mol. The van der Waals surface area contributed by atoms with Gasteiger partial charge in [-0.2, -0.15) is 5.26 Å². The van der Waals surface area contributed by atoms with Crippen LogP contribution in [-0.4, -0.2) is 41.9 Å². The number of nitriles is 1. The van der Waals surface area contributed by atoms with Crippen LogP contribution in [-0.2, 0) is 9.59 Å². The number of anilines is 2. The first-order chi connectivity index (χ1) is 19.8. The number of carbonyl (C=O) groups excluding carboxylic acids is 2. The predicted molar refractivity (Wildman–Crippen MR) is 158 cm³/mol. The number of nitrogens with one attached hydrogen (secondary N) is 1. The molecule has 10 nitrogen and oxygen atoms in total. The van der Waals surface area contributed by atoms with E-state index >= 15 is 0 Å². The summed E-state index contributed by atoms with van der Waals surface area (Å²) in [6.45, 7) is 1.99. The molecule has 1 amide bonds. The molecule has 0 radical (unpaired) electrons. The Kier molecular flexibility index (Phi) is 8.28. The number of nitrogens with zero attached hydrogens (tertiary/aromatic N) is 4. The number of aromatic nitrogens is 2. The van der Waals surface area contributed by atoms with E-state index in [2.05, 4.69) is 21.6 Å². The molecule has 2 heterocycles. The normalized spacial score (nSPS) is 16.8. The van der Waals surface area contributed by atoms with Crippen LogP contribution in [0.2, 0.25) is 0 Å². The van der Waals surface area contributed by atoms with Crippen molar-refractivity contribution >= 4 is 45.6 Å². The second-order valence-corrected chi connectivity index (χ2v) is 11.7. The van der Waals surface area contributed by atoms with Crippen molar-refractivity contribution in [1.82, 2.24) is 10.2 Å². The molecule has 1 unspecified atom stereocenters. The Morgan fingerprint density at radius 2 is 1.98 bits per heavy atom. The lowest BCUT2D eigenvalue weighted by Crippen LogP contribution is -2.38. The maximum atomic E-state index is 13.3. The third kappa shape index (κ3) is 5.64. The summed E-state index contributed by atoms with van der Waals surface area (Å²) >= 11 is 2.47. The molecule has 1 aliphatic carbocycles. The fraction of sp³-hybridized carbons (Fsp3) is 0.276. The van der Waals surface area contributed by atoms with Crippen LogP contribution in [0.1, 0.15) is 36.3 Å². The minimum atomic E-state index is -0.528. The van der Waals surface area contributed by atoms with E-state index in [1.807, 2.05) is 31.2 Å². The van der Waals surface area contributed by atoms with Crippen molar-refractivity contribution in [2.75, 3.05) is 30.2 Å². The molecule has 0 saturated heterocycles. The summed E-state index contributed by atoms with van der Waals surface area (Å²) in [5, 5.41) is 22.1. The van der Waals surface area contributed by atoms with Gasteiger partial charge in [-0.1, -0.05) is 52.9 Å². The van der Waals surface area contributed by atoms with E-state index in [4.69, 9.17) is 15.2 Å². The van der Waals surface area contributed by atoms with Crippen LogP contribution in [0, 0.1) is 18.3 Å². The van der Waals surface area contributed by atoms with Gasteiger partial charge in [0, 0.05) is 23.8 Å². The number of aryl methyl sites for hydroxylation is 1. The Morgan fingerprint density at radius 1 is 1.20 bits per heavy atom. The van der Waals surface area contributed by atoms with Crippen molar-refractivity contribution in [2.24, 2.45) is 5.73 Å². The summed E-state index contributed by atoms with van der Waals surface area (Å²) in [7, 11) is 3.07. The van der Waals surface area contributed by atoms with Crippen molar-refractivity contribution < 1.29 is 19.1 Å². The van der Waals surface area contributed by atoms with Gasteiger partial charge < -0.3 is 20.5 Å². The Hall–Kier alpha value is -4.34. The van der Waals surface area contributed by atoms with E-state index in [1.165, 1.54) is 30.2 Å². The SMILES string of the molecule is COc1ccc(NC(=O)CSc2nnc(N3C(N)=C(C#N)C(c4ccc(C)cc4)C4=C3CCCC4=O)s2)c(OC)c1. The molecule has 3 N–H and O–H groups in total. The first kappa shape index (κ1) is 28.2. The maximum Gasteiger partial charge on any atom is 0.234 e. The van der Waals surface area contributed by atoms with E-state index in [1.54, 1.807) is 30.2 Å². The average Bonchev–Trinajstić information content (AvgIpc) is 3.44. The number of nitrogens with two attached hydrogens (primary N) is 1. The third-order valence-corrected chi connectivity index (χ3v) is 8.96. The molecule has 210 valence electrons. The second-order valence-electron chi connectivity index (χ2n) is 9.48. The summed E-state index contributed by atoms with van der Waals surface area (Å²) in [6, 6.07) is 15.2. The molecule has 0 spiro atoms. The molecule has 1 aliphatic heterocycles. The third-order valence-electron chi connectivity index (χ3n) is 6.92. The highest BCUT2D eigenvalue weighted by molar-refractivity contribution is 8.01. The van der Waals surface area contributed by atoms with Gasteiger partial charge >= 0.3 is 0 Å². The maximum absolute atomic E-state index is 13.3. The van der Waals surface area contributed by atoms with Crippen LogP contribution in [0.5, 0.6) is 11.5 Å². The highest BCUT2D eigenvalue weighted by Crippen LogP contribution is 2.47. The van der Waals surface area contributed by atoms with Crippen LogP contribution in [0.4, 0.5) is 10.8 Å². The number of Topliss-reactive ketones (excluding diaryl/α,β-unsaturated/α-hetero) is 1. The van der Waals surface area contributed by atoms with Gasteiger partial charge in [0.2, 0.25) is 11.0 Å². The first-order valence-electron chi connectivity index (χ1n) is 12.9. The van der Waals surface area contributed by atoms with E-state index in [0.717, 1.165) is 16.8 Å². The van der Waals surface area contributed by atoms with Crippen molar-refractivity contribution in [2.45, 2.75) is 36.4 Å². The number of ether oxygens (including phenoxy) is 2. The van der Waals surface area contributed by atoms with Crippen LogP contribution >= 0.6 is 23.1 Å². The van der Waals surface area contributed by atoms with Gasteiger partial charge in [-0.05, 0) is 37.5 Å².